The first-order valence-corrected chi connectivity index (χ1v) is 8.83. The Bertz CT molecular complexity index is 618. The van der Waals surface area contributed by atoms with Crippen LogP contribution in [0.15, 0.2) is 24.3 Å². The van der Waals surface area contributed by atoms with Crippen LogP contribution in [-0.2, 0) is 9.84 Å². The average Bonchev–Trinajstić information content (AvgIpc) is 2.82. The second-order valence-corrected chi connectivity index (χ2v) is 7.66. The van der Waals surface area contributed by atoms with Crippen LogP contribution in [0.25, 0.3) is 0 Å². The summed E-state index contributed by atoms with van der Waals surface area (Å²) in [5.41, 5.74) is 0.503. The lowest BCUT2D eigenvalue weighted by atomic mass is 10.1. The Morgan fingerprint density at radius 3 is 2.59 bits per heavy atom. The second kappa shape index (κ2) is 7.06. The fraction of sp³-hybridized carbons (Fsp3) is 0.500. The summed E-state index contributed by atoms with van der Waals surface area (Å²) in [6, 6.07) is 4.90. The fourth-order valence-corrected chi connectivity index (χ4v) is 4.19. The van der Waals surface area contributed by atoms with E-state index in [4.69, 9.17) is 0 Å². The number of hydrogen-bond acceptors (Lipinski definition) is 4. The summed E-state index contributed by atoms with van der Waals surface area (Å²) in [4.78, 5) is 11.6. The third-order valence-corrected chi connectivity index (χ3v) is 5.43. The first-order valence-electron chi connectivity index (χ1n) is 7.01. The van der Waals surface area contributed by atoms with Crippen LogP contribution in [0.3, 0.4) is 0 Å². The van der Waals surface area contributed by atoms with Crippen LogP contribution in [0, 0.1) is 11.7 Å². The fourth-order valence-electron chi connectivity index (χ4n) is 2.32. The number of carbonyl (C=O) groups is 1. The van der Waals surface area contributed by atoms with Crippen LogP contribution in [-0.4, -0.2) is 44.2 Å². The van der Waals surface area contributed by atoms with Gasteiger partial charge in [-0.25, -0.2) is 17.6 Å². The molecule has 0 spiro atoms. The van der Waals surface area contributed by atoms with Crippen LogP contribution < -0.4 is 10.6 Å². The third-order valence-electron chi connectivity index (χ3n) is 3.59. The van der Waals surface area contributed by atoms with Crippen molar-refractivity contribution >= 4 is 15.9 Å². The first kappa shape index (κ1) is 16.7. The van der Waals surface area contributed by atoms with Crippen molar-refractivity contribution in [3.05, 3.63) is 35.6 Å². The summed E-state index contributed by atoms with van der Waals surface area (Å²) in [6.45, 7) is 0.276. The van der Waals surface area contributed by atoms with Gasteiger partial charge in [0.2, 0.25) is 0 Å². The van der Waals surface area contributed by atoms with Gasteiger partial charge in [-0.05, 0) is 30.0 Å². The Balaban J connectivity index is 1.70. The number of carbonyl (C=O) groups excluding carboxylic acids is 1. The molecule has 1 aliphatic heterocycles. The highest BCUT2D eigenvalue weighted by Crippen LogP contribution is 2.17. The normalized spacial score (nSPS) is 21.3. The number of nitrogens with one attached hydrogen (secondary N) is 2. The topological polar surface area (TPSA) is 95.5 Å². The van der Waals surface area contributed by atoms with Crippen molar-refractivity contribution in [3.63, 3.8) is 0 Å². The van der Waals surface area contributed by atoms with E-state index >= 15 is 0 Å². The van der Waals surface area contributed by atoms with E-state index < -0.39 is 27.8 Å². The molecule has 8 heteroatoms. The van der Waals surface area contributed by atoms with Crippen LogP contribution in [0.1, 0.15) is 18.1 Å². The first-order chi connectivity index (χ1) is 10.4. The number of rotatable bonds is 5. The Morgan fingerprint density at radius 2 is 2.00 bits per heavy atom. The van der Waals surface area contributed by atoms with Gasteiger partial charge in [0, 0.05) is 13.1 Å². The predicted octanol–water partition coefficient (Wildman–Crippen LogP) is 0.593. The van der Waals surface area contributed by atoms with Crippen molar-refractivity contribution in [2.75, 3.05) is 24.6 Å². The van der Waals surface area contributed by atoms with Gasteiger partial charge in [0.15, 0.2) is 9.84 Å². The molecule has 2 rings (SSSR count). The quantitative estimate of drug-likeness (QED) is 0.736. The standard InChI is InChI=1S/C14H19FN2O4S/c15-12-3-1-11(2-4-12)13(18)8-17-14(19)16-7-10-5-6-22(20,21)9-10/h1-4,10,13,18H,5-9H2,(H2,16,17,19). The van der Waals surface area contributed by atoms with Crippen LogP contribution >= 0.6 is 0 Å². The van der Waals surface area contributed by atoms with Gasteiger partial charge >= 0.3 is 6.03 Å². The third kappa shape index (κ3) is 4.96. The molecule has 2 unspecified atom stereocenters. The molecule has 3 N–H and O–H groups in total. The lowest BCUT2D eigenvalue weighted by Gasteiger charge is -2.14. The summed E-state index contributed by atoms with van der Waals surface area (Å²) >= 11 is 0. The van der Waals surface area contributed by atoms with Crippen molar-refractivity contribution < 1.29 is 22.7 Å². The van der Waals surface area contributed by atoms with E-state index in [1.165, 1.54) is 24.3 Å². The largest absolute Gasteiger partial charge is 0.387 e. The number of benzene rings is 1. The molecule has 2 atom stereocenters. The highest BCUT2D eigenvalue weighted by Gasteiger charge is 2.27. The Morgan fingerprint density at radius 1 is 1.32 bits per heavy atom. The number of sulfone groups is 1. The van der Waals surface area contributed by atoms with E-state index in [1.807, 2.05) is 0 Å². The summed E-state index contributed by atoms with van der Waals surface area (Å²) in [5.74, 6) is -0.179. The molecule has 1 saturated heterocycles. The minimum Gasteiger partial charge on any atom is -0.387 e. The molecular weight excluding hydrogens is 311 g/mol. The second-order valence-electron chi connectivity index (χ2n) is 5.43. The molecule has 1 aromatic carbocycles. The Hall–Kier alpha value is -1.67. The lowest BCUT2D eigenvalue weighted by Crippen LogP contribution is -2.40. The van der Waals surface area contributed by atoms with Gasteiger partial charge in [-0.1, -0.05) is 12.1 Å². The molecule has 0 aliphatic carbocycles. The number of halogens is 1. The van der Waals surface area contributed by atoms with Crippen LogP contribution in [0.4, 0.5) is 9.18 Å². The molecule has 122 valence electrons. The molecule has 1 heterocycles. The Kier molecular flexibility index (Phi) is 5.36. The van der Waals surface area contributed by atoms with E-state index in [0.29, 0.717) is 12.0 Å². The lowest BCUT2D eigenvalue weighted by molar-refractivity contribution is 0.173. The smallest absolute Gasteiger partial charge is 0.314 e. The van der Waals surface area contributed by atoms with Crippen molar-refractivity contribution in [2.45, 2.75) is 12.5 Å². The highest BCUT2D eigenvalue weighted by molar-refractivity contribution is 7.91. The van der Waals surface area contributed by atoms with Gasteiger partial charge in [0.1, 0.15) is 5.82 Å². The van der Waals surface area contributed by atoms with Crippen molar-refractivity contribution in [1.29, 1.82) is 0 Å². The molecule has 2 amide bonds. The molecule has 1 fully saturated rings. The summed E-state index contributed by atoms with van der Waals surface area (Å²) in [7, 11) is -2.95. The summed E-state index contributed by atoms with van der Waals surface area (Å²) in [6.07, 6.45) is -0.376. The molecular formula is C14H19FN2O4S. The zero-order valence-corrected chi connectivity index (χ0v) is 12.8. The van der Waals surface area contributed by atoms with E-state index in [-0.39, 0.29) is 30.5 Å². The summed E-state index contributed by atoms with van der Waals surface area (Å²) in [5, 5.41) is 15.0. The zero-order valence-electron chi connectivity index (χ0n) is 12.0. The van der Waals surface area contributed by atoms with Crippen molar-refractivity contribution in [3.8, 4) is 0 Å². The molecule has 0 saturated carbocycles. The van der Waals surface area contributed by atoms with E-state index in [0.717, 1.165) is 0 Å². The molecule has 1 aliphatic rings. The van der Waals surface area contributed by atoms with Crippen molar-refractivity contribution in [1.82, 2.24) is 10.6 Å². The highest BCUT2D eigenvalue weighted by atomic mass is 32.2. The van der Waals surface area contributed by atoms with Gasteiger partial charge in [0.05, 0.1) is 17.6 Å². The molecule has 0 radical (unpaired) electrons. The minimum absolute atomic E-state index is 0.0135. The van der Waals surface area contributed by atoms with Crippen molar-refractivity contribution in [2.24, 2.45) is 5.92 Å². The number of aliphatic hydroxyl groups is 1. The maximum atomic E-state index is 12.8. The Labute approximate surface area is 128 Å². The van der Waals surface area contributed by atoms with Gasteiger partial charge < -0.3 is 15.7 Å². The average molecular weight is 330 g/mol. The molecule has 0 aromatic heterocycles. The van der Waals surface area contributed by atoms with Crippen LogP contribution in [0.2, 0.25) is 0 Å². The summed E-state index contributed by atoms with van der Waals surface area (Å²) < 4.78 is 35.3. The maximum absolute atomic E-state index is 12.8. The number of hydrogen-bond donors (Lipinski definition) is 3. The molecule has 22 heavy (non-hydrogen) atoms. The molecule has 1 aromatic rings. The molecule has 6 nitrogen and oxygen atoms in total. The SMILES string of the molecule is O=C(NCC1CCS(=O)(=O)C1)NCC(O)c1ccc(F)cc1. The maximum Gasteiger partial charge on any atom is 0.314 e. The van der Waals surface area contributed by atoms with Gasteiger partial charge in [-0.2, -0.15) is 0 Å². The van der Waals surface area contributed by atoms with Gasteiger partial charge in [0.25, 0.3) is 0 Å². The van der Waals surface area contributed by atoms with Gasteiger partial charge in [-0.3, -0.25) is 0 Å². The van der Waals surface area contributed by atoms with Gasteiger partial charge in [-0.15, -0.1) is 0 Å². The van der Waals surface area contributed by atoms with Crippen LogP contribution in [0.5, 0.6) is 0 Å². The number of amides is 2. The monoisotopic (exact) mass is 330 g/mol. The zero-order chi connectivity index (χ0) is 16.2. The van der Waals surface area contributed by atoms with E-state index in [1.54, 1.807) is 0 Å². The molecule has 0 bridgehead atoms. The van der Waals surface area contributed by atoms with E-state index in [9.17, 15) is 22.7 Å². The number of aliphatic hydroxyl groups excluding tert-OH is 1. The van der Waals surface area contributed by atoms with E-state index in [2.05, 4.69) is 10.6 Å². The minimum atomic E-state index is -2.95. The number of urea groups is 1. The predicted molar refractivity (Wildman–Crippen MR) is 79.5 cm³/mol.